The Labute approximate surface area is 129 Å². The van der Waals surface area contributed by atoms with Crippen LogP contribution in [0.5, 0.6) is 0 Å². The quantitative estimate of drug-likeness (QED) is 0.827. The molecule has 2 rings (SSSR count). The van der Waals surface area contributed by atoms with Crippen molar-refractivity contribution in [2.24, 2.45) is 11.7 Å². The molecular formula is C14H24N4O2S. The zero-order valence-corrected chi connectivity index (χ0v) is 13.5. The SMILES string of the molecule is CCC(C)C(N)C(=O)Nc1nc(CN2CCOCC2)cs1. The molecule has 1 amide bonds. The van der Waals surface area contributed by atoms with E-state index in [0.717, 1.165) is 45.0 Å². The summed E-state index contributed by atoms with van der Waals surface area (Å²) in [6.45, 7) is 8.22. The first-order valence-corrected chi connectivity index (χ1v) is 8.29. The van der Waals surface area contributed by atoms with E-state index in [1.54, 1.807) is 0 Å². The molecule has 3 N–H and O–H groups in total. The number of nitrogens with two attached hydrogens (primary N) is 1. The molecule has 2 atom stereocenters. The van der Waals surface area contributed by atoms with Gasteiger partial charge in [0, 0.05) is 25.0 Å². The van der Waals surface area contributed by atoms with Crippen LogP contribution in [0.1, 0.15) is 26.0 Å². The Kier molecular flexibility index (Phi) is 6.10. The fourth-order valence-electron chi connectivity index (χ4n) is 2.13. The van der Waals surface area contributed by atoms with Gasteiger partial charge in [-0.15, -0.1) is 11.3 Å². The van der Waals surface area contributed by atoms with Gasteiger partial charge in [0.15, 0.2) is 5.13 Å². The van der Waals surface area contributed by atoms with Gasteiger partial charge in [0.1, 0.15) is 0 Å². The second-order valence-corrected chi connectivity index (χ2v) is 6.29. The molecule has 0 saturated carbocycles. The molecule has 0 spiro atoms. The number of rotatable bonds is 6. The predicted octanol–water partition coefficient (Wildman–Crippen LogP) is 1.29. The van der Waals surface area contributed by atoms with Gasteiger partial charge in [0.2, 0.25) is 5.91 Å². The van der Waals surface area contributed by atoms with Gasteiger partial charge in [-0.05, 0) is 5.92 Å². The summed E-state index contributed by atoms with van der Waals surface area (Å²) in [6.07, 6.45) is 0.884. The number of carbonyl (C=O) groups excluding carboxylic acids is 1. The third-order valence-corrected chi connectivity index (χ3v) is 4.64. The molecule has 21 heavy (non-hydrogen) atoms. The highest BCUT2D eigenvalue weighted by Crippen LogP contribution is 2.18. The highest BCUT2D eigenvalue weighted by molar-refractivity contribution is 7.13. The van der Waals surface area contributed by atoms with E-state index in [2.05, 4.69) is 15.2 Å². The molecule has 1 saturated heterocycles. The van der Waals surface area contributed by atoms with Crippen molar-refractivity contribution in [1.29, 1.82) is 0 Å². The number of aromatic nitrogens is 1. The van der Waals surface area contributed by atoms with Crippen LogP contribution in [0.4, 0.5) is 5.13 Å². The van der Waals surface area contributed by atoms with Gasteiger partial charge in [0.25, 0.3) is 0 Å². The lowest BCUT2D eigenvalue weighted by atomic mass is 10.00. The first-order chi connectivity index (χ1) is 10.1. The number of hydrogen-bond acceptors (Lipinski definition) is 6. The topological polar surface area (TPSA) is 80.5 Å². The monoisotopic (exact) mass is 312 g/mol. The summed E-state index contributed by atoms with van der Waals surface area (Å²) in [4.78, 5) is 18.8. The van der Waals surface area contributed by atoms with Crippen molar-refractivity contribution in [1.82, 2.24) is 9.88 Å². The molecule has 0 bridgehead atoms. The maximum Gasteiger partial charge on any atom is 0.243 e. The third-order valence-electron chi connectivity index (χ3n) is 3.83. The zero-order chi connectivity index (χ0) is 15.2. The summed E-state index contributed by atoms with van der Waals surface area (Å²) < 4.78 is 5.32. The van der Waals surface area contributed by atoms with Crippen molar-refractivity contribution in [3.8, 4) is 0 Å². The van der Waals surface area contributed by atoms with E-state index in [-0.39, 0.29) is 11.8 Å². The van der Waals surface area contributed by atoms with E-state index in [0.29, 0.717) is 5.13 Å². The fourth-order valence-corrected chi connectivity index (χ4v) is 2.83. The normalized spacial score (nSPS) is 19.2. The van der Waals surface area contributed by atoms with Gasteiger partial charge < -0.3 is 15.8 Å². The lowest BCUT2D eigenvalue weighted by Gasteiger charge is -2.25. The van der Waals surface area contributed by atoms with E-state index in [4.69, 9.17) is 10.5 Å². The Hall–Kier alpha value is -1.02. The van der Waals surface area contributed by atoms with Gasteiger partial charge >= 0.3 is 0 Å². The number of nitrogens with zero attached hydrogens (tertiary/aromatic N) is 2. The minimum Gasteiger partial charge on any atom is -0.379 e. The molecule has 7 heteroatoms. The maximum absolute atomic E-state index is 12.0. The van der Waals surface area contributed by atoms with Crippen LogP contribution in [0.3, 0.4) is 0 Å². The number of hydrogen-bond donors (Lipinski definition) is 2. The summed E-state index contributed by atoms with van der Waals surface area (Å²) in [6, 6.07) is -0.485. The molecule has 2 unspecified atom stereocenters. The van der Waals surface area contributed by atoms with Gasteiger partial charge in [-0.3, -0.25) is 9.69 Å². The molecular weight excluding hydrogens is 288 g/mol. The van der Waals surface area contributed by atoms with E-state index in [1.807, 2.05) is 19.2 Å². The zero-order valence-electron chi connectivity index (χ0n) is 12.7. The maximum atomic E-state index is 12.0. The summed E-state index contributed by atoms with van der Waals surface area (Å²) in [5, 5.41) is 5.43. The largest absolute Gasteiger partial charge is 0.379 e. The number of carbonyl (C=O) groups is 1. The van der Waals surface area contributed by atoms with Gasteiger partial charge in [-0.2, -0.15) is 0 Å². The fraction of sp³-hybridized carbons (Fsp3) is 0.714. The van der Waals surface area contributed by atoms with E-state index in [1.165, 1.54) is 11.3 Å². The molecule has 6 nitrogen and oxygen atoms in total. The van der Waals surface area contributed by atoms with Gasteiger partial charge in [-0.1, -0.05) is 20.3 Å². The van der Waals surface area contributed by atoms with Crippen molar-refractivity contribution >= 4 is 22.4 Å². The Morgan fingerprint density at radius 2 is 2.29 bits per heavy atom. The molecule has 1 fully saturated rings. The van der Waals surface area contributed by atoms with Gasteiger partial charge in [0.05, 0.1) is 24.9 Å². The lowest BCUT2D eigenvalue weighted by molar-refractivity contribution is -0.118. The standard InChI is InChI=1S/C14H24N4O2S/c1-3-10(2)12(15)13(19)17-14-16-11(9-21-14)8-18-4-6-20-7-5-18/h9-10,12H,3-8,15H2,1-2H3,(H,16,17,19). The summed E-state index contributed by atoms with van der Waals surface area (Å²) in [5.74, 6) is 0.00871. The van der Waals surface area contributed by atoms with Crippen LogP contribution in [0.25, 0.3) is 0 Å². The minimum atomic E-state index is -0.485. The molecule has 1 aliphatic rings. The van der Waals surface area contributed by atoms with Crippen molar-refractivity contribution in [2.45, 2.75) is 32.9 Å². The molecule has 1 aromatic heterocycles. The molecule has 1 aromatic rings. The molecule has 1 aliphatic heterocycles. The second-order valence-electron chi connectivity index (χ2n) is 5.43. The highest BCUT2D eigenvalue weighted by atomic mass is 32.1. The number of thiazole rings is 1. The number of nitrogens with one attached hydrogen (secondary N) is 1. The second kappa shape index (κ2) is 7.84. The third kappa shape index (κ3) is 4.74. The predicted molar refractivity (Wildman–Crippen MR) is 84.3 cm³/mol. The van der Waals surface area contributed by atoms with E-state index >= 15 is 0 Å². The first kappa shape index (κ1) is 16.4. The average Bonchev–Trinajstić information content (AvgIpc) is 2.93. The molecule has 0 aliphatic carbocycles. The van der Waals surface area contributed by atoms with Crippen LogP contribution in [0, 0.1) is 5.92 Å². The average molecular weight is 312 g/mol. The Bertz CT molecular complexity index is 460. The molecule has 0 radical (unpaired) electrons. The molecule has 118 valence electrons. The summed E-state index contributed by atoms with van der Waals surface area (Å²) in [5.41, 5.74) is 6.90. The number of morpholine rings is 1. The number of amides is 1. The van der Waals surface area contributed by atoms with E-state index in [9.17, 15) is 4.79 Å². The lowest BCUT2D eigenvalue weighted by Crippen LogP contribution is -2.40. The van der Waals surface area contributed by atoms with Crippen molar-refractivity contribution in [3.63, 3.8) is 0 Å². The van der Waals surface area contributed by atoms with Crippen LogP contribution in [-0.4, -0.2) is 48.1 Å². The van der Waals surface area contributed by atoms with Crippen LogP contribution in [0.15, 0.2) is 5.38 Å². The summed E-state index contributed by atoms with van der Waals surface area (Å²) >= 11 is 1.45. The Morgan fingerprint density at radius 3 is 2.95 bits per heavy atom. The van der Waals surface area contributed by atoms with E-state index < -0.39 is 6.04 Å². The van der Waals surface area contributed by atoms with Crippen molar-refractivity contribution in [2.75, 3.05) is 31.6 Å². The van der Waals surface area contributed by atoms with Crippen LogP contribution < -0.4 is 11.1 Å². The van der Waals surface area contributed by atoms with Crippen LogP contribution in [0.2, 0.25) is 0 Å². The summed E-state index contributed by atoms with van der Waals surface area (Å²) in [7, 11) is 0. The smallest absolute Gasteiger partial charge is 0.243 e. The van der Waals surface area contributed by atoms with Gasteiger partial charge in [-0.25, -0.2) is 4.98 Å². The Balaban J connectivity index is 1.86. The first-order valence-electron chi connectivity index (χ1n) is 7.41. The number of anilines is 1. The molecule has 2 heterocycles. The van der Waals surface area contributed by atoms with Crippen molar-refractivity contribution < 1.29 is 9.53 Å². The molecule has 0 aromatic carbocycles. The Morgan fingerprint density at radius 1 is 1.57 bits per heavy atom. The highest BCUT2D eigenvalue weighted by Gasteiger charge is 2.20. The van der Waals surface area contributed by atoms with Crippen LogP contribution in [-0.2, 0) is 16.1 Å². The van der Waals surface area contributed by atoms with Crippen LogP contribution >= 0.6 is 11.3 Å². The number of ether oxygens (including phenoxy) is 1. The minimum absolute atomic E-state index is 0.156. The van der Waals surface area contributed by atoms with Crippen molar-refractivity contribution in [3.05, 3.63) is 11.1 Å².